The van der Waals surface area contributed by atoms with E-state index in [-0.39, 0.29) is 18.0 Å². The lowest BCUT2D eigenvalue weighted by Crippen LogP contribution is -2.50. The molecule has 5 aromatic carbocycles. The monoisotopic (exact) mass is 547 g/mol. The first-order valence-electron chi connectivity index (χ1n) is 14.0. The van der Waals surface area contributed by atoms with Gasteiger partial charge in [0.1, 0.15) is 29.4 Å². The molecule has 0 saturated heterocycles. The van der Waals surface area contributed by atoms with Gasteiger partial charge >= 0.3 is 0 Å². The predicted octanol–water partition coefficient (Wildman–Crippen LogP) is 8.61. The van der Waals surface area contributed by atoms with Crippen molar-refractivity contribution in [2.45, 2.75) is 51.4 Å². The zero-order chi connectivity index (χ0) is 28.2. The van der Waals surface area contributed by atoms with Gasteiger partial charge in [0.2, 0.25) is 0 Å². The molecule has 1 aliphatic rings. The molecule has 1 aliphatic heterocycles. The first-order valence-corrected chi connectivity index (χ1v) is 14.0. The highest BCUT2D eigenvalue weighted by atomic mass is 19.1. The fraction of sp³-hybridized carbons (Fsp3) is 0.222. The predicted molar refractivity (Wildman–Crippen MR) is 161 cm³/mol. The summed E-state index contributed by atoms with van der Waals surface area (Å²) in [5.41, 5.74) is 4.42. The molecule has 41 heavy (non-hydrogen) atoms. The lowest BCUT2D eigenvalue weighted by Gasteiger charge is -2.44. The molecule has 4 nitrogen and oxygen atoms in total. The molecule has 5 aromatic rings. The van der Waals surface area contributed by atoms with Crippen molar-refractivity contribution in [1.82, 2.24) is 0 Å². The summed E-state index contributed by atoms with van der Waals surface area (Å²) < 4.78 is 33.2. The van der Waals surface area contributed by atoms with E-state index in [0.717, 1.165) is 33.7 Å². The van der Waals surface area contributed by atoms with Gasteiger partial charge in [0.25, 0.3) is 0 Å². The number of ether oxygens (including phenoxy) is 3. The van der Waals surface area contributed by atoms with Gasteiger partial charge in [-0.3, -0.25) is 0 Å². The lowest BCUT2D eigenvalue weighted by atomic mass is 9.87. The molecule has 0 fully saturated rings. The quantitative estimate of drug-likeness (QED) is 0.201. The highest BCUT2D eigenvalue weighted by Gasteiger charge is 2.45. The first kappa shape index (κ1) is 27.0. The van der Waals surface area contributed by atoms with Crippen LogP contribution in [0.15, 0.2) is 115 Å². The number of anilines is 1. The zero-order valence-corrected chi connectivity index (χ0v) is 23.3. The molecule has 0 amide bonds. The zero-order valence-electron chi connectivity index (χ0n) is 23.3. The molecule has 0 aromatic heterocycles. The van der Waals surface area contributed by atoms with Gasteiger partial charge in [-0.1, -0.05) is 78.9 Å². The summed E-state index contributed by atoms with van der Waals surface area (Å²) in [5, 5.41) is 5.85. The van der Waals surface area contributed by atoms with Gasteiger partial charge in [-0.05, 0) is 77.7 Å². The molecular weight excluding hydrogens is 513 g/mol. The van der Waals surface area contributed by atoms with Crippen LogP contribution in [-0.2, 0) is 29.2 Å². The van der Waals surface area contributed by atoms with Gasteiger partial charge in [0.05, 0.1) is 13.2 Å². The standard InChI is InChI=1S/C36H34FNO3/c1-36(2)35(40-24-27-12-15-28-10-6-7-11-29(28)20-27)34(39-23-26-8-4-3-5-9-26)32-21-31(18-19-33(32)41-36)38-22-25-13-16-30(37)17-14-25/h3-21,34-35,38H,22-24H2,1-2H3. The molecule has 0 radical (unpaired) electrons. The van der Waals surface area contributed by atoms with Crippen molar-refractivity contribution in [2.75, 3.05) is 5.32 Å². The summed E-state index contributed by atoms with van der Waals surface area (Å²) in [4.78, 5) is 0. The first-order chi connectivity index (χ1) is 19.9. The number of nitrogens with one attached hydrogen (secondary N) is 1. The second-order valence-electron chi connectivity index (χ2n) is 11.1. The van der Waals surface area contributed by atoms with Crippen LogP contribution in [0.5, 0.6) is 5.75 Å². The van der Waals surface area contributed by atoms with Crippen LogP contribution in [0.2, 0.25) is 0 Å². The Labute approximate surface area is 240 Å². The summed E-state index contributed by atoms with van der Waals surface area (Å²) in [6.07, 6.45) is -0.723. The lowest BCUT2D eigenvalue weighted by molar-refractivity contribution is -0.170. The fourth-order valence-electron chi connectivity index (χ4n) is 5.39. The molecule has 1 heterocycles. The fourth-order valence-corrected chi connectivity index (χ4v) is 5.39. The SMILES string of the molecule is CC1(C)Oc2ccc(NCc3ccc(F)cc3)cc2C(OCc2ccccc2)C1OCc1ccc2ccccc2c1. The minimum Gasteiger partial charge on any atom is -0.485 e. The van der Waals surface area contributed by atoms with E-state index in [1.165, 1.54) is 22.9 Å². The molecule has 208 valence electrons. The topological polar surface area (TPSA) is 39.7 Å². The van der Waals surface area contributed by atoms with E-state index in [1.54, 1.807) is 12.1 Å². The van der Waals surface area contributed by atoms with Crippen LogP contribution in [0.25, 0.3) is 10.8 Å². The minimum atomic E-state index is -0.631. The van der Waals surface area contributed by atoms with Crippen molar-refractivity contribution >= 4 is 16.5 Å². The van der Waals surface area contributed by atoms with E-state index in [9.17, 15) is 4.39 Å². The van der Waals surface area contributed by atoms with Crippen molar-refractivity contribution in [1.29, 1.82) is 0 Å². The smallest absolute Gasteiger partial charge is 0.132 e. The van der Waals surface area contributed by atoms with Crippen molar-refractivity contribution < 1.29 is 18.6 Å². The summed E-state index contributed by atoms with van der Waals surface area (Å²) in [6.45, 7) is 5.57. The third-order valence-corrected chi connectivity index (χ3v) is 7.58. The van der Waals surface area contributed by atoms with Crippen LogP contribution < -0.4 is 10.1 Å². The highest BCUT2D eigenvalue weighted by molar-refractivity contribution is 5.82. The van der Waals surface area contributed by atoms with Gasteiger partial charge in [0.15, 0.2) is 0 Å². The Balaban J connectivity index is 1.27. The summed E-state index contributed by atoms with van der Waals surface area (Å²) in [6, 6.07) is 37.5. The molecule has 6 rings (SSSR count). The Morgan fingerprint density at radius 3 is 2.22 bits per heavy atom. The Bertz CT molecular complexity index is 1620. The van der Waals surface area contributed by atoms with Crippen molar-refractivity contribution in [2.24, 2.45) is 0 Å². The molecule has 2 unspecified atom stereocenters. The molecule has 0 saturated carbocycles. The van der Waals surface area contributed by atoms with Gasteiger partial charge in [0, 0.05) is 17.8 Å². The number of hydrogen-bond donors (Lipinski definition) is 1. The largest absolute Gasteiger partial charge is 0.485 e. The number of fused-ring (bicyclic) bond motifs is 2. The molecule has 5 heteroatoms. The van der Waals surface area contributed by atoms with Crippen LogP contribution in [-0.4, -0.2) is 11.7 Å². The average molecular weight is 548 g/mol. The number of halogens is 1. The van der Waals surface area contributed by atoms with Crippen LogP contribution in [0.3, 0.4) is 0 Å². The normalized spacial score (nSPS) is 17.5. The number of rotatable bonds is 9. The Hall–Kier alpha value is -4.19. The van der Waals surface area contributed by atoms with Gasteiger partial charge < -0.3 is 19.5 Å². The van der Waals surface area contributed by atoms with Gasteiger partial charge in [-0.2, -0.15) is 0 Å². The van der Waals surface area contributed by atoms with E-state index in [4.69, 9.17) is 14.2 Å². The maximum absolute atomic E-state index is 13.4. The second kappa shape index (κ2) is 11.7. The van der Waals surface area contributed by atoms with E-state index >= 15 is 0 Å². The molecular formula is C36H34FNO3. The molecule has 2 atom stereocenters. The van der Waals surface area contributed by atoms with Crippen molar-refractivity contribution in [3.8, 4) is 5.75 Å². The van der Waals surface area contributed by atoms with Crippen LogP contribution >= 0.6 is 0 Å². The minimum absolute atomic E-state index is 0.240. The van der Waals surface area contributed by atoms with E-state index in [2.05, 4.69) is 79.8 Å². The highest BCUT2D eigenvalue weighted by Crippen LogP contribution is 2.45. The summed E-state index contributed by atoms with van der Waals surface area (Å²) in [5.74, 6) is 0.543. The van der Waals surface area contributed by atoms with Crippen LogP contribution in [0.1, 0.15) is 42.2 Å². The Kier molecular flexibility index (Phi) is 7.73. The van der Waals surface area contributed by atoms with Gasteiger partial charge in [-0.15, -0.1) is 0 Å². The average Bonchev–Trinajstić information content (AvgIpc) is 2.99. The maximum Gasteiger partial charge on any atom is 0.132 e. The van der Waals surface area contributed by atoms with Crippen molar-refractivity contribution in [3.05, 3.63) is 143 Å². The molecule has 1 N–H and O–H groups in total. The third kappa shape index (κ3) is 6.27. The maximum atomic E-state index is 13.4. The Morgan fingerprint density at radius 1 is 0.707 bits per heavy atom. The second-order valence-corrected chi connectivity index (χ2v) is 11.1. The van der Waals surface area contributed by atoms with Crippen LogP contribution in [0.4, 0.5) is 10.1 Å². The third-order valence-electron chi connectivity index (χ3n) is 7.58. The van der Waals surface area contributed by atoms with E-state index in [1.807, 2.05) is 30.3 Å². The molecule has 0 bridgehead atoms. The van der Waals surface area contributed by atoms with E-state index < -0.39 is 5.60 Å². The summed E-state index contributed by atoms with van der Waals surface area (Å²) in [7, 11) is 0. The van der Waals surface area contributed by atoms with Crippen LogP contribution in [0, 0.1) is 5.82 Å². The molecule has 0 aliphatic carbocycles. The molecule has 0 spiro atoms. The number of hydrogen-bond acceptors (Lipinski definition) is 4. The number of benzene rings is 5. The Morgan fingerprint density at radius 2 is 1.41 bits per heavy atom. The summed E-state index contributed by atoms with van der Waals surface area (Å²) >= 11 is 0. The van der Waals surface area contributed by atoms with Crippen molar-refractivity contribution in [3.63, 3.8) is 0 Å². The van der Waals surface area contributed by atoms with Gasteiger partial charge in [-0.25, -0.2) is 4.39 Å². The van der Waals surface area contributed by atoms with E-state index in [0.29, 0.717) is 19.8 Å².